The molecule has 28 heavy (non-hydrogen) atoms. The molecule has 3 heterocycles. The topological polar surface area (TPSA) is 68.1 Å². The molecule has 1 aliphatic heterocycles. The molecule has 7 heteroatoms. The number of nitrogens with zero attached hydrogens (tertiary/aromatic N) is 5. The van der Waals surface area contributed by atoms with Gasteiger partial charge in [-0.2, -0.15) is 5.10 Å². The first-order chi connectivity index (χ1) is 13.4. The summed E-state index contributed by atoms with van der Waals surface area (Å²) in [5.41, 5.74) is 3.85. The fourth-order valence-electron chi connectivity index (χ4n) is 4.13. The van der Waals surface area contributed by atoms with E-state index in [1.54, 1.807) is 0 Å². The lowest BCUT2D eigenvalue weighted by Gasteiger charge is -2.37. The van der Waals surface area contributed by atoms with Gasteiger partial charge in [-0.25, -0.2) is 9.97 Å². The van der Waals surface area contributed by atoms with Crippen LogP contribution >= 0.6 is 0 Å². The third-order valence-corrected chi connectivity index (χ3v) is 5.70. The summed E-state index contributed by atoms with van der Waals surface area (Å²) in [5.74, 6) is 0.844. The van der Waals surface area contributed by atoms with Gasteiger partial charge in [-0.15, -0.1) is 0 Å². The number of morpholine rings is 1. The molecule has 1 aliphatic carbocycles. The molecule has 0 saturated carbocycles. The summed E-state index contributed by atoms with van der Waals surface area (Å²) in [7, 11) is 0. The Labute approximate surface area is 167 Å². The first-order valence-electron chi connectivity index (χ1n) is 10.4. The average Bonchev–Trinajstić information content (AvgIpc) is 3.15. The van der Waals surface area contributed by atoms with Crippen LogP contribution in [0.15, 0.2) is 18.6 Å². The van der Waals surface area contributed by atoms with Gasteiger partial charge in [0.05, 0.1) is 25.1 Å². The van der Waals surface area contributed by atoms with Gasteiger partial charge in [0.1, 0.15) is 0 Å². The first kappa shape index (κ1) is 19.3. The van der Waals surface area contributed by atoms with Crippen LogP contribution in [0.25, 0.3) is 0 Å². The Kier molecular flexibility index (Phi) is 5.38. The molecule has 1 saturated heterocycles. The number of nitrogens with one attached hydrogen (secondary N) is 1. The molecule has 0 unspecified atom stereocenters. The molecule has 1 N–H and O–H groups in total. The number of anilines is 1. The Balaban J connectivity index is 1.52. The number of hydrogen-bond acceptors (Lipinski definition) is 6. The van der Waals surface area contributed by atoms with Crippen LogP contribution in [0.1, 0.15) is 63.0 Å². The van der Waals surface area contributed by atoms with Gasteiger partial charge >= 0.3 is 0 Å². The molecule has 7 nitrogen and oxygen atoms in total. The fourth-order valence-corrected chi connectivity index (χ4v) is 4.13. The van der Waals surface area contributed by atoms with Crippen LogP contribution in [0.2, 0.25) is 0 Å². The minimum atomic E-state index is 0.212. The van der Waals surface area contributed by atoms with E-state index in [1.165, 1.54) is 16.8 Å². The van der Waals surface area contributed by atoms with Crippen molar-refractivity contribution in [2.45, 2.75) is 59.2 Å². The number of hydrogen-bond donors (Lipinski definition) is 1. The van der Waals surface area contributed by atoms with Gasteiger partial charge in [0.15, 0.2) is 0 Å². The molecule has 0 spiro atoms. The molecule has 2 aromatic heterocycles. The third-order valence-electron chi connectivity index (χ3n) is 5.70. The Bertz CT molecular complexity index is 809. The number of ether oxygens (including phenoxy) is 1. The third kappa shape index (κ3) is 4.20. The van der Waals surface area contributed by atoms with E-state index in [4.69, 9.17) is 14.7 Å². The maximum atomic E-state index is 5.46. The van der Waals surface area contributed by atoms with Crippen molar-refractivity contribution in [3.63, 3.8) is 0 Å². The van der Waals surface area contributed by atoms with Crippen molar-refractivity contribution < 1.29 is 4.74 Å². The van der Waals surface area contributed by atoms with Crippen LogP contribution in [0.4, 0.5) is 5.95 Å². The van der Waals surface area contributed by atoms with Gasteiger partial charge in [-0.3, -0.25) is 4.68 Å². The Morgan fingerprint density at radius 3 is 2.75 bits per heavy atom. The molecular weight excluding hydrogens is 352 g/mol. The first-order valence-corrected chi connectivity index (χ1v) is 10.4. The van der Waals surface area contributed by atoms with Crippen molar-refractivity contribution >= 4 is 5.95 Å². The normalized spacial score (nSPS) is 21.8. The second-order valence-corrected chi connectivity index (χ2v) is 9.07. The van der Waals surface area contributed by atoms with E-state index in [9.17, 15) is 0 Å². The Hall–Kier alpha value is -1.99. The van der Waals surface area contributed by atoms with Gasteiger partial charge < -0.3 is 15.0 Å². The van der Waals surface area contributed by atoms with Crippen molar-refractivity contribution in [2.24, 2.45) is 5.41 Å². The predicted molar refractivity (Wildman–Crippen MR) is 109 cm³/mol. The molecule has 2 aliphatic rings. The molecule has 4 rings (SSSR count). The highest BCUT2D eigenvalue weighted by atomic mass is 16.5. The minimum absolute atomic E-state index is 0.212. The van der Waals surface area contributed by atoms with Gasteiger partial charge in [-0.05, 0) is 32.1 Å². The quantitative estimate of drug-likeness (QED) is 0.855. The highest BCUT2D eigenvalue weighted by Crippen LogP contribution is 2.40. The molecule has 0 aromatic carbocycles. The molecule has 0 bridgehead atoms. The second kappa shape index (κ2) is 7.79. The van der Waals surface area contributed by atoms with Crippen LogP contribution in [0.3, 0.4) is 0 Å². The van der Waals surface area contributed by atoms with Gasteiger partial charge in [0.2, 0.25) is 5.95 Å². The number of rotatable bonds is 5. The summed E-state index contributed by atoms with van der Waals surface area (Å²) in [6.07, 6.45) is 8.20. The molecule has 1 atom stereocenters. The standard InChI is InChI=1S/C21H32N6O/c1-15(2)27-14-16(12-24-27)11-22-18-9-21(3,4)10-19-17(18)13-23-20(25-19)26-5-7-28-8-6-26/h12-15,18,22H,5-11H2,1-4H3/t18-/m0/s1. The molecular formula is C21H32N6O. The summed E-state index contributed by atoms with van der Waals surface area (Å²) in [6.45, 7) is 13.0. The molecule has 0 amide bonds. The van der Waals surface area contributed by atoms with Crippen LogP contribution in [0, 0.1) is 5.41 Å². The predicted octanol–water partition coefficient (Wildman–Crippen LogP) is 2.89. The van der Waals surface area contributed by atoms with E-state index in [2.05, 4.69) is 49.2 Å². The summed E-state index contributed by atoms with van der Waals surface area (Å²) in [4.78, 5) is 11.9. The van der Waals surface area contributed by atoms with Crippen LogP contribution in [-0.2, 0) is 17.7 Å². The monoisotopic (exact) mass is 384 g/mol. The molecule has 0 radical (unpaired) electrons. The molecule has 1 fully saturated rings. The Morgan fingerprint density at radius 1 is 1.25 bits per heavy atom. The van der Waals surface area contributed by atoms with E-state index < -0.39 is 0 Å². The largest absolute Gasteiger partial charge is 0.378 e. The van der Waals surface area contributed by atoms with Crippen molar-refractivity contribution in [1.29, 1.82) is 0 Å². The van der Waals surface area contributed by atoms with Gasteiger partial charge in [-0.1, -0.05) is 13.8 Å². The van der Waals surface area contributed by atoms with Gasteiger partial charge in [0.25, 0.3) is 0 Å². The lowest BCUT2D eigenvalue weighted by Crippen LogP contribution is -2.39. The van der Waals surface area contributed by atoms with E-state index in [-0.39, 0.29) is 11.5 Å². The van der Waals surface area contributed by atoms with E-state index in [1.807, 2.05) is 17.1 Å². The minimum Gasteiger partial charge on any atom is -0.378 e. The van der Waals surface area contributed by atoms with E-state index >= 15 is 0 Å². The lowest BCUT2D eigenvalue weighted by molar-refractivity contribution is 0.122. The van der Waals surface area contributed by atoms with E-state index in [0.29, 0.717) is 6.04 Å². The fraction of sp³-hybridized carbons (Fsp3) is 0.667. The van der Waals surface area contributed by atoms with Crippen LogP contribution < -0.4 is 10.2 Å². The average molecular weight is 385 g/mol. The van der Waals surface area contributed by atoms with Crippen molar-refractivity contribution in [1.82, 2.24) is 25.1 Å². The van der Waals surface area contributed by atoms with Crippen molar-refractivity contribution in [3.8, 4) is 0 Å². The number of aromatic nitrogens is 4. The Morgan fingerprint density at radius 2 is 2.04 bits per heavy atom. The summed E-state index contributed by atoms with van der Waals surface area (Å²) >= 11 is 0. The highest BCUT2D eigenvalue weighted by Gasteiger charge is 2.34. The van der Waals surface area contributed by atoms with E-state index in [0.717, 1.165) is 51.6 Å². The zero-order valence-corrected chi connectivity index (χ0v) is 17.5. The summed E-state index contributed by atoms with van der Waals surface area (Å²) in [5, 5.41) is 8.19. The molecule has 2 aromatic rings. The summed E-state index contributed by atoms with van der Waals surface area (Å²) in [6, 6.07) is 0.648. The lowest BCUT2D eigenvalue weighted by atomic mass is 9.74. The summed E-state index contributed by atoms with van der Waals surface area (Å²) < 4.78 is 7.47. The van der Waals surface area contributed by atoms with Crippen LogP contribution in [0.5, 0.6) is 0 Å². The second-order valence-electron chi connectivity index (χ2n) is 9.07. The van der Waals surface area contributed by atoms with Crippen molar-refractivity contribution in [2.75, 3.05) is 31.2 Å². The SMILES string of the molecule is CC(C)n1cc(CN[C@H]2CC(C)(C)Cc3nc(N4CCOCC4)ncc32)cn1. The molecule has 152 valence electrons. The van der Waals surface area contributed by atoms with Crippen molar-refractivity contribution in [3.05, 3.63) is 35.4 Å². The highest BCUT2D eigenvalue weighted by molar-refractivity contribution is 5.36. The smallest absolute Gasteiger partial charge is 0.225 e. The van der Waals surface area contributed by atoms with Crippen LogP contribution in [-0.4, -0.2) is 46.1 Å². The van der Waals surface area contributed by atoms with Gasteiger partial charge in [0, 0.05) is 55.2 Å². The number of fused-ring (bicyclic) bond motifs is 1. The zero-order valence-electron chi connectivity index (χ0n) is 17.5. The zero-order chi connectivity index (χ0) is 19.7. The maximum absolute atomic E-state index is 5.46. The maximum Gasteiger partial charge on any atom is 0.225 e.